The molecule has 0 aliphatic heterocycles. The van der Waals surface area contributed by atoms with Gasteiger partial charge in [0.05, 0.1) is 6.42 Å². The van der Waals surface area contributed by atoms with Crippen molar-refractivity contribution in [1.82, 2.24) is 0 Å². The molecule has 0 saturated heterocycles. The van der Waals surface area contributed by atoms with Gasteiger partial charge in [-0.3, -0.25) is 4.79 Å². The second kappa shape index (κ2) is 3.16. The predicted molar refractivity (Wildman–Crippen MR) is 25.5 cm³/mol. The van der Waals surface area contributed by atoms with Crippen LogP contribution in [0.2, 0.25) is 0 Å². The molecule has 0 aromatic heterocycles. The monoisotopic (exact) mass is 134 g/mol. The Morgan fingerprint density at radius 3 is 1.89 bits per heavy atom. The highest BCUT2D eigenvalue weighted by Crippen LogP contribution is 1.87. The number of Topliss-reactive ketones (excluding diaryl/α,β-unsaturated/α-hetero) is 1. The van der Waals surface area contributed by atoms with Crippen molar-refractivity contribution in [3.63, 3.8) is 0 Å². The van der Waals surface area contributed by atoms with Crippen LogP contribution in [0.5, 0.6) is 0 Å². The van der Waals surface area contributed by atoms with E-state index in [1.807, 2.05) is 0 Å². The van der Waals surface area contributed by atoms with Crippen molar-refractivity contribution < 1.29 is 24.9 Å². The number of carboxylic acids is 1. The van der Waals surface area contributed by atoms with E-state index < -0.39 is 24.5 Å². The van der Waals surface area contributed by atoms with Crippen molar-refractivity contribution in [3.05, 3.63) is 0 Å². The van der Waals surface area contributed by atoms with Crippen molar-refractivity contribution in [1.29, 1.82) is 0 Å². The Morgan fingerprint density at radius 2 is 1.78 bits per heavy atom. The van der Waals surface area contributed by atoms with Crippen molar-refractivity contribution >= 4 is 11.8 Å². The molecule has 0 rings (SSSR count). The molecular formula is C4H6O5. The molecule has 0 heterocycles. The third-order valence-electron chi connectivity index (χ3n) is 0.607. The van der Waals surface area contributed by atoms with E-state index >= 15 is 0 Å². The highest BCUT2D eigenvalue weighted by molar-refractivity contribution is 6.32. The molecule has 0 aromatic carbocycles. The van der Waals surface area contributed by atoms with Crippen molar-refractivity contribution in [2.75, 3.05) is 0 Å². The van der Waals surface area contributed by atoms with E-state index in [0.717, 1.165) is 0 Å². The molecule has 52 valence electrons. The molecule has 0 spiro atoms. The van der Waals surface area contributed by atoms with Crippen LogP contribution in [0.15, 0.2) is 0 Å². The summed E-state index contributed by atoms with van der Waals surface area (Å²) in [4.78, 5) is 19.7. The van der Waals surface area contributed by atoms with E-state index in [2.05, 4.69) is 0 Å². The third-order valence-corrected chi connectivity index (χ3v) is 0.607. The van der Waals surface area contributed by atoms with E-state index in [-0.39, 0.29) is 0 Å². The number of aliphatic hydroxyl groups is 2. The molecule has 0 atom stereocenters. The molecule has 0 aliphatic rings. The molecule has 5 nitrogen and oxygen atoms in total. The van der Waals surface area contributed by atoms with Crippen LogP contribution in [0.4, 0.5) is 0 Å². The average molecular weight is 134 g/mol. The lowest BCUT2D eigenvalue weighted by atomic mass is 10.3. The number of hydrogen-bond donors (Lipinski definition) is 3. The van der Waals surface area contributed by atoms with Crippen molar-refractivity contribution in [3.8, 4) is 0 Å². The number of carbonyl (C=O) groups excluding carboxylic acids is 1. The highest BCUT2D eigenvalue weighted by atomic mass is 16.5. The predicted octanol–water partition coefficient (Wildman–Crippen LogP) is -1.66. The smallest absolute Gasteiger partial charge is 0.372 e. The van der Waals surface area contributed by atoms with Gasteiger partial charge in [0, 0.05) is 0 Å². The fraction of sp³-hybridized carbons (Fsp3) is 0.500. The molecule has 0 unspecified atom stereocenters. The first kappa shape index (κ1) is 8.06. The Hall–Kier alpha value is -0.940. The number of aliphatic carboxylic acids is 1. The molecular weight excluding hydrogens is 128 g/mol. The minimum absolute atomic E-state index is 0.755. The zero-order chi connectivity index (χ0) is 7.44. The maximum Gasteiger partial charge on any atom is 0.372 e. The Kier molecular flexibility index (Phi) is 2.83. The fourth-order valence-electron chi connectivity index (χ4n) is 0.253. The molecule has 3 N–H and O–H groups in total. The Bertz CT molecular complexity index is 127. The van der Waals surface area contributed by atoms with Crippen LogP contribution in [0.1, 0.15) is 6.42 Å². The first-order chi connectivity index (χ1) is 4.04. The molecule has 0 aliphatic carbocycles. The molecule has 0 amide bonds. The number of aliphatic hydroxyl groups excluding tert-OH is 1. The number of rotatable bonds is 3. The van der Waals surface area contributed by atoms with Crippen LogP contribution in [-0.4, -0.2) is 33.4 Å². The van der Waals surface area contributed by atoms with Gasteiger partial charge >= 0.3 is 5.97 Å². The number of carboxylic acid groups (broad SMARTS) is 1. The number of ketones is 1. The summed E-state index contributed by atoms with van der Waals surface area (Å²) in [6.45, 7) is 0. The van der Waals surface area contributed by atoms with Crippen LogP contribution in [0, 0.1) is 0 Å². The lowest BCUT2D eigenvalue weighted by Gasteiger charge is -1.96. The molecule has 9 heavy (non-hydrogen) atoms. The van der Waals surface area contributed by atoms with Gasteiger partial charge in [0.1, 0.15) is 0 Å². The fourth-order valence-corrected chi connectivity index (χ4v) is 0.253. The number of hydrogen-bond acceptors (Lipinski definition) is 4. The summed E-state index contributed by atoms with van der Waals surface area (Å²) in [5.74, 6) is -2.85. The maximum atomic E-state index is 10.0. The summed E-state index contributed by atoms with van der Waals surface area (Å²) in [5.41, 5.74) is 0. The second-order valence-electron chi connectivity index (χ2n) is 1.41. The van der Waals surface area contributed by atoms with Gasteiger partial charge in [0.2, 0.25) is 5.78 Å². The topological polar surface area (TPSA) is 94.8 Å². The lowest BCUT2D eigenvalue weighted by molar-refractivity contribution is -0.152. The van der Waals surface area contributed by atoms with E-state index in [1.165, 1.54) is 0 Å². The summed E-state index contributed by atoms with van der Waals surface area (Å²) in [5, 5.41) is 23.9. The standard InChI is InChI=1S/C4H6O5/c5-2(4(8)9)1-3(6)7/h3,6-7H,1H2,(H,8,9). The minimum atomic E-state index is -1.87. The largest absolute Gasteiger partial charge is 0.475 e. The lowest BCUT2D eigenvalue weighted by Crippen LogP contribution is -2.19. The normalized spacial score (nSPS) is 9.67. The van der Waals surface area contributed by atoms with E-state index in [0.29, 0.717) is 0 Å². The summed E-state index contributed by atoms with van der Waals surface area (Å²) >= 11 is 0. The highest BCUT2D eigenvalue weighted by Gasteiger charge is 2.14. The molecule has 0 fully saturated rings. The first-order valence-corrected chi connectivity index (χ1v) is 2.16. The summed E-state index contributed by atoms with van der Waals surface area (Å²) in [6, 6.07) is 0. The zero-order valence-electron chi connectivity index (χ0n) is 4.44. The molecule has 5 heteroatoms. The van der Waals surface area contributed by atoms with E-state index in [1.54, 1.807) is 0 Å². The Balaban J connectivity index is 3.65. The van der Waals surface area contributed by atoms with Gasteiger partial charge in [-0.05, 0) is 0 Å². The van der Waals surface area contributed by atoms with Gasteiger partial charge in [-0.15, -0.1) is 0 Å². The summed E-state index contributed by atoms with van der Waals surface area (Å²) in [7, 11) is 0. The van der Waals surface area contributed by atoms with Gasteiger partial charge in [0.25, 0.3) is 0 Å². The molecule has 0 aromatic rings. The Labute approximate surface area is 50.5 Å². The van der Waals surface area contributed by atoms with Crippen LogP contribution in [0.25, 0.3) is 0 Å². The van der Waals surface area contributed by atoms with E-state index in [4.69, 9.17) is 15.3 Å². The van der Waals surface area contributed by atoms with Gasteiger partial charge < -0.3 is 15.3 Å². The second-order valence-corrected chi connectivity index (χ2v) is 1.41. The number of carbonyl (C=O) groups is 2. The van der Waals surface area contributed by atoms with Crippen molar-refractivity contribution in [2.45, 2.75) is 12.7 Å². The zero-order valence-corrected chi connectivity index (χ0v) is 4.44. The average Bonchev–Trinajstić information content (AvgIpc) is 1.63. The quantitative estimate of drug-likeness (QED) is 0.317. The first-order valence-electron chi connectivity index (χ1n) is 2.16. The maximum absolute atomic E-state index is 10.0. The minimum Gasteiger partial charge on any atom is -0.475 e. The van der Waals surface area contributed by atoms with Gasteiger partial charge in [-0.1, -0.05) is 0 Å². The summed E-state index contributed by atoms with van der Waals surface area (Å²) in [6.07, 6.45) is -2.62. The van der Waals surface area contributed by atoms with Gasteiger partial charge in [-0.2, -0.15) is 0 Å². The van der Waals surface area contributed by atoms with Crippen LogP contribution in [0.3, 0.4) is 0 Å². The van der Waals surface area contributed by atoms with E-state index in [9.17, 15) is 9.59 Å². The van der Waals surface area contributed by atoms with Crippen LogP contribution in [-0.2, 0) is 9.59 Å². The SMILES string of the molecule is O=C(O)C(=O)CC(O)O. The molecule has 0 bridgehead atoms. The molecule has 0 radical (unpaired) electrons. The van der Waals surface area contributed by atoms with Gasteiger partial charge in [0.15, 0.2) is 6.29 Å². The third kappa shape index (κ3) is 3.63. The van der Waals surface area contributed by atoms with Crippen LogP contribution >= 0.6 is 0 Å². The summed E-state index contributed by atoms with van der Waals surface area (Å²) < 4.78 is 0. The van der Waals surface area contributed by atoms with Crippen molar-refractivity contribution in [2.24, 2.45) is 0 Å². The van der Waals surface area contributed by atoms with Gasteiger partial charge in [-0.25, -0.2) is 4.79 Å². The Morgan fingerprint density at radius 1 is 1.33 bits per heavy atom. The molecule has 0 saturated carbocycles. The van der Waals surface area contributed by atoms with Crippen LogP contribution < -0.4 is 0 Å².